The molecule has 0 aliphatic carbocycles. The van der Waals surface area contributed by atoms with Gasteiger partial charge in [0.1, 0.15) is 5.75 Å². The zero-order chi connectivity index (χ0) is 21.1. The standard InChI is InChI=1S/C28H27OP/c1-19-15-23(16-20(2)28(19)29)17-21-3-7-24(8-4-21)26-11-13-27(14-12-26)25-9-5-22(18-30)6-10-25/h3-16,29H,17-18,30H2,1-2H3. The number of phenolic OH excluding ortho intramolecular Hbond substituents is 1. The number of rotatable bonds is 5. The van der Waals surface area contributed by atoms with E-state index in [1.807, 2.05) is 13.8 Å². The van der Waals surface area contributed by atoms with Crippen molar-refractivity contribution in [2.24, 2.45) is 0 Å². The van der Waals surface area contributed by atoms with Gasteiger partial charge in [-0.2, -0.15) is 0 Å². The highest BCUT2D eigenvalue weighted by molar-refractivity contribution is 7.15. The number of hydrogen-bond acceptors (Lipinski definition) is 1. The Morgan fingerprint density at radius 2 is 0.933 bits per heavy atom. The van der Waals surface area contributed by atoms with Crippen LogP contribution in [0.2, 0.25) is 0 Å². The molecule has 2 heteroatoms. The van der Waals surface area contributed by atoms with Crippen molar-refractivity contribution in [1.29, 1.82) is 0 Å². The molecule has 4 aromatic rings. The Hall–Kier alpha value is -2.89. The zero-order valence-electron chi connectivity index (χ0n) is 17.5. The Morgan fingerprint density at radius 1 is 0.567 bits per heavy atom. The molecular weight excluding hydrogens is 383 g/mol. The van der Waals surface area contributed by atoms with Crippen molar-refractivity contribution in [1.82, 2.24) is 0 Å². The van der Waals surface area contributed by atoms with Crippen molar-refractivity contribution in [3.8, 4) is 28.0 Å². The van der Waals surface area contributed by atoms with Gasteiger partial charge in [-0.15, -0.1) is 9.24 Å². The lowest BCUT2D eigenvalue weighted by molar-refractivity contribution is 0.466. The molecule has 0 bridgehead atoms. The first-order valence-electron chi connectivity index (χ1n) is 10.3. The number of aryl methyl sites for hydroxylation is 2. The molecule has 0 heterocycles. The van der Waals surface area contributed by atoms with Gasteiger partial charge in [0.25, 0.3) is 0 Å². The molecule has 0 radical (unpaired) electrons. The van der Waals surface area contributed by atoms with Gasteiger partial charge < -0.3 is 5.11 Å². The van der Waals surface area contributed by atoms with E-state index in [1.165, 1.54) is 38.9 Å². The SMILES string of the molecule is Cc1cc(Cc2ccc(-c3ccc(-c4ccc(CP)cc4)cc3)cc2)cc(C)c1O. The van der Waals surface area contributed by atoms with E-state index in [9.17, 15) is 5.11 Å². The molecule has 1 atom stereocenters. The second kappa shape index (κ2) is 8.86. The largest absolute Gasteiger partial charge is 0.507 e. The summed E-state index contributed by atoms with van der Waals surface area (Å²) in [5.41, 5.74) is 10.6. The third-order valence-electron chi connectivity index (χ3n) is 5.65. The van der Waals surface area contributed by atoms with Gasteiger partial charge in [-0.1, -0.05) is 84.9 Å². The van der Waals surface area contributed by atoms with Crippen LogP contribution in [-0.2, 0) is 12.6 Å². The summed E-state index contributed by atoms with van der Waals surface area (Å²) in [5.74, 6) is 0.401. The Bertz CT molecular complexity index is 1120. The minimum atomic E-state index is 0.401. The highest BCUT2D eigenvalue weighted by Crippen LogP contribution is 2.27. The fourth-order valence-electron chi connectivity index (χ4n) is 3.89. The molecule has 1 N–H and O–H groups in total. The number of phenols is 1. The van der Waals surface area contributed by atoms with Crippen molar-refractivity contribution in [3.63, 3.8) is 0 Å². The van der Waals surface area contributed by atoms with Crippen LogP contribution in [-0.4, -0.2) is 5.11 Å². The maximum Gasteiger partial charge on any atom is 0.121 e. The van der Waals surface area contributed by atoms with Gasteiger partial charge in [0, 0.05) is 0 Å². The van der Waals surface area contributed by atoms with Crippen molar-refractivity contribution < 1.29 is 5.11 Å². The lowest BCUT2D eigenvalue weighted by atomic mass is 9.97. The van der Waals surface area contributed by atoms with E-state index in [4.69, 9.17) is 0 Å². The monoisotopic (exact) mass is 410 g/mol. The zero-order valence-corrected chi connectivity index (χ0v) is 18.7. The van der Waals surface area contributed by atoms with E-state index in [0.717, 1.165) is 23.7 Å². The molecular formula is C28H27OP. The average Bonchev–Trinajstić information content (AvgIpc) is 2.78. The molecule has 0 aromatic heterocycles. The average molecular weight is 410 g/mol. The van der Waals surface area contributed by atoms with Crippen molar-refractivity contribution >= 4 is 9.24 Å². The quantitative estimate of drug-likeness (QED) is 0.342. The topological polar surface area (TPSA) is 20.2 Å². The van der Waals surface area contributed by atoms with Crippen molar-refractivity contribution in [3.05, 3.63) is 113 Å². The van der Waals surface area contributed by atoms with Crippen LogP contribution in [0.25, 0.3) is 22.3 Å². The second-order valence-corrected chi connectivity index (χ2v) is 8.34. The van der Waals surface area contributed by atoms with Gasteiger partial charge in [0.05, 0.1) is 0 Å². The Balaban J connectivity index is 1.49. The maximum atomic E-state index is 9.97. The molecule has 0 saturated heterocycles. The van der Waals surface area contributed by atoms with E-state index in [0.29, 0.717) is 5.75 Å². The molecule has 4 aromatic carbocycles. The maximum absolute atomic E-state index is 9.97. The van der Waals surface area contributed by atoms with Crippen LogP contribution >= 0.6 is 9.24 Å². The highest BCUT2D eigenvalue weighted by Gasteiger charge is 2.05. The number of hydrogen-bond donors (Lipinski definition) is 1. The first kappa shape index (κ1) is 20.4. The van der Waals surface area contributed by atoms with E-state index >= 15 is 0 Å². The molecule has 0 saturated carbocycles. The number of aromatic hydroxyl groups is 1. The summed E-state index contributed by atoms with van der Waals surface area (Å²) in [6.45, 7) is 3.91. The Labute approximate surface area is 181 Å². The molecule has 0 amide bonds. The van der Waals surface area contributed by atoms with Crippen LogP contribution < -0.4 is 0 Å². The van der Waals surface area contributed by atoms with Crippen LogP contribution in [0.1, 0.15) is 27.8 Å². The summed E-state index contributed by atoms with van der Waals surface area (Å²) in [6.07, 6.45) is 1.86. The predicted octanol–water partition coefficient (Wildman–Crippen LogP) is 7.31. The summed E-state index contributed by atoms with van der Waals surface area (Å²) < 4.78 is 0. The fourth-order valence-corrected chi connectivity index (χ4v) is 4.16. The van der Waals surface area contributed by atoms with Crippen LogP contribution in [0.15, 0.2) is 84.9 Å². The van der Waals surface area contributed by atoms with Gasteiger partial charge >= 0.3 is 0 Å². The summed E-state index contributed by atoms with van der Waals surface area (Å²) in [4.78, 5) is 0. The lowest BCUT2D eigenvalue weighted by Crippen LogP contribution is -1.91. The molecule has 150 valence electrons. The summed E-state index contributed by atoms with van der Waals surface area (Å²) in [7, 11) is 2.77. The normalized spacial score (nSPS) is 10.9. The fraction of sp³-hybridized carbons (Fsp3) is 0.143. The molecule has 1 unspecified atom stereocenters. The van der Waals surface area contributed by atoms with Gasteiger partial charge in [-0.25, -0.2) is 0 Å². The molecule has 0 fully saturated rings. The van der Waals surface area contributed by atoms with Gasteiger partial charge in [0.2, 0.25) is 0 Å². The van der Waals surface area contributed by atoms with Gasteiger partial charge in [-0.05, 0) is 76.5 Å². The Morgan fingerprint density at radius 3 is 1.33 bits per heavy atom. The van der Waals surface area contributed by atoms with E-state index in [1.54, 1.807) is 0 Å². The van der Waals surface area contributed by atoms with Crippen LogP contribution in [0, 0.1) is 13.8 Å². The molecule has 1 nitrogen and oxygen atoms in total. The molecule has 30 heavy (non-hydrogen) atoms. The minimum Gasteiger partial charge on any atom is -0.507 e. The van der Waals surface area contributed by atoms with E-state index in [-0.39, 0.29) is 0 Å². The second-order valence-electron chi connectivity index (χ2n) is 7.93. The molecule has 0 aliphatic heterocycles. The van der Waals surface area contributed by atoms with Crippen LogP contribution in [0.3, 0.4) is 0 Å². The third kappa shape index (κ3) is 4.48. The first-order valence-corrected chi connectivity index (χ1v) is 11.1. The molecule has 0 aliphatic rings. The Kier molecular flexibility index (Phi) is 6.02. The summed E-state index contributed by atoms with van der Waals surface area (Å²) in [5, 5.41) is 9.97. The van der Waals surface area contributed by atoms with Gasteiger partial charge in [-0.3, -0.25) is 0 Å². The smallest absolute Gasteiger partial charge is 0.121 e. The summed E-state index contributed by atoms with van der Waals surface area (Å²) >= 11 is 0. The minimum absolute atomic E-state index is 0.401. The van der Waals surface area contributed by atoms with Crippen LogP contribution in [0.4, 0.5) is 0 Å². The molecule has 4 rings (SSSR count). The first-order chi connectivity index (χ1) is 14.5. The van der Waals surface area contributed by atoms with E-state index in [2.05, 4.69) is 94.2 Å². The van der Waals surface area contributed by atoms with Crippen molar-refractivity contribution in [2.75, 3.05) is 0 Å². The van der Waals surface area contributed by atoms with Gasteiger partial charge in [0.15, 0.2) is 0 Å². The van der Waals surface area contributed by atoms with E-state index < -0.39 is 0 Å². The van der Waals surface area contributed by atoms with Crippen LogP contribution in [0.5, 0.6) is 5.75 Å². The highest BCUT2D eigenvalue weighted by atomic mass is 31.0. The number of benzene rings is 4. The molecule has 0 spiro atoms. The predicted molar refractivity (Wildman–Crippen MR) is 131 cm³/mol. The lowest BCUT2D eigenvalue weighted by Gasteiger charge is -2.09. The third-order valence-corrected chi connectivity index (χ3v) is 6.13. The summed E-state index contributed by atoms with van der Waals surface area (Å²) in [6, 6.07) is 30.5. The van der Waals surface area contributed by atoms with Crippen molar-refractivity contribution in [2.45, 2.75) is 26.4 Å².